The minimum atomic E-state index is -0.353. The number of halogens is 1. The lowest BCUT2D eigenvalue weighted by molar-refractivity contribution is -0.118. The normalized spacial score (nSPS) is 10.4. The molecule has 0 bridgehead atoms. The molecule has 0 fully saturated rings. The van der Waals surface area contributed by atoms with Gasteiger partial charge in [-0.15, -0.1) is 11.3 Å². The fourth-order valence-corrected chi connectivity index (χ4v) is 3.09. The minimum Gasteiger partial charge on any atom is -0.497 e. The van der Waals surface area contributed by atoms with E-state index in [9.17, 15) is 9.18 Å². The smallest absolute Gasteiger partial charge is 0.264 e. The van der Waals surface area contributed by atoms with Crippen molar-refractivity contribution in [2.75, 3.05) is 19.0 Å². The number of anilines is 1. The molecule has 0 radical (unpaired) electrons. The van der Waals surface area contributed by atoms with Crippen LogP contribution in [-0.4, -0.2) is 24.6 Å². The average Bonchev–Trinajstić information content (AvgIpc) is 3.08. The monoisotopic (exact) mass is 372 g/mol. The summed E-state index contributed by atoms with van der Waals surface area (Å²) in [7, 11) is 1.63. The lowest BCUT2D eigenvalue weighted by atomic mass is 10.1. The summed E-state index contributed by atoms with van der Waals surface area (Å²) in [6.45, 7) is -0.168. The van der Waals surface area contributed by atoms with Gasteiger partial charge in [-0.05, 0) is 42.0 Å². The molecular weight excluding hydrogens is 355 g/mol. The molecule has 7 heteroatoms. The van der Waals surface area contributed by atoms with Crippen LogP contribution in [0.1, 0.15) is 10.4 Å². The molecule has 0 saturated heterocycles. The van der Waals surface area contributed by atoms with E-state index in [2.05, 4.69) is 10.3 Å². The number of carbonyl (C=O) groups is 1. The standard InChI is InChI=1S/C19H17FN2O3S/c1-24-15-6-2-13(3-7-15)10-17-11-21-19(26-17)22-18(23)12-25-16-8-4-14(20)5-9-16/h2-9,11H,10,12H2,1H3,(H,21,22,23). The van der Waals surface area contributed by atoms with Crippen LogP contribution in [0.3, 0.4) is 0 Å². The average molecular weight is 372 g/mol. The van der Waals surface area contributed by atoms with Gasteiger partial charge in [0.2, 0.25) is 0 Å². The first-order valence-corrected chi connectivity index (χ1v) is 8.70. The molecule has 1 aromatic heterocycles. The highest BCUT2D eigenvalue weighted by molar-refractivity contribution is 7.15. The quantitative estimate of drug-likeness (QED) is 0.683. The van der Waals surface area contributed by atoms with E-state index in [1.54, 1.807) is 13.3 Å². The fourth-order valence-electron chi connectivity index (χ4n) is 2.23. The second-order valence-electron chi connectivity index (χ2n) is 5.45. The van der Waals surface area contributed by atoms with Crippen molar-refractivity contribution in [3.8, 4) is 11.5 Å². The molecule has 134 valence electrons. The van der Waals surface area contributed by atoms with Crippen molar-refractivity contribution in [3.05, 3.63) is 71.0 Å². The van der Waals surface area contributed by atoms with Crippen LogP contribution >= 0.6 is 11.3 Å². The van der Waals surface area contributed by atoms with Crippen LogP contribution in [-0.2, 0) is 11.2 Å². The number of methoxy groups -OCH3 is 1. The third kappa shape index (κ3) is 5.03. The van der Waals surface area contributed by atoms with E-state index in [0.717, 1.165) is 22.6 Å². The molecule has 0 aliphatic heterocycles. The van der Waals surface area contributed by atoms with Crippen molar-refractivity contribution >= 4 is 22.4 Å². The summed E-state index contributed by atoms with van der Waals surface area (Å²) in [6, 6.07) is 13.3. The van der Waals surface area contributed by atoms with Crippen LogP contribution in [0, 0.1) is 5.82 Å². The largest absolute Gasteiger partial charge is 0.497 e. The lowest BCUT2D eigenvalue weighted by Crippen LogP contribution is -2.19. The van der Waals surface area contributed by atoms with E-state index in [-0.39, 0.29) is 18.3 Å². The maximum atomic E-state index is 12.8. The van der Waals surface area contributed by atoms with Gasteiger partial charge in [-0.2, -0.15) is 0 Å². The zero-order valence-corrected chi connectivity index (χ0v) is 14.9. The highest BCUT2D eigenvalue weighted by Crippen LogP contribution is 2.22. The highest BCUT2D eigenvalue weighted by Gasteiger charge is 2.08. The number of ether oxygens (including phenoxy) is 2. The Labute approximate surface area is 154 Å². The maximum Gasteiger partial charge on any atom is 0.264 e. The molecule has 0 saturated carbocycles. The molecule has 0 spiro atoms. The van der Waals surface area contributed by atoms with E-state index < -0.39 is 0 Å². The van der Waals surface area contributed by atoms with Crippen LogP contribution in [0.2, 0.25) is 0 Å². The summed E-state index contributed by atoms with van der Waals surface area (Å²) in [6.07, 6.45) is 2.47. The summed E-state index contributed by atoms with van der Waals surface area (Å²) in [4.78, 5) is 17.2. The van der Waals surface area contributed by atoms with Crippen LogP contribution < -0.4 is 14.8 Å². The number of rotatable bonds is 7. The summed E-state index contributed by atoms with van der Waals surface area (Å²) in [5.41, 5.74) is 1.13. The molecule has 1 amide bonds. The van der Waals surface area contributed by atoms with E-state index in [1.165, 1.54) is 35.6 Å². The predicted octanol–water partition coefficient (Wildman–Crippen LogP) is 3.90. The maximum absolute atomic E-state index is 12.8. The summed E-state index contributed by atoms with van der Waals surface area (Å²) in [5, 5.41) is 3.21. The van der Waals surface area contributed by atoms with Crippen molar-refractivity contribution < 1.29 is 18.7 Å². The molecule has 26 heavy (non-hydrogen) atoms. The Morgan fingerprint density at radius 1 is 1.12 bits per heavy atom. The first-order chi connectivity index (χ1) is 12.6. The van der Waals surface area contributed by atoms with Crippen molar-refractivity contribution in [2.45, 2.75) is 6.42 Å². The van der Waals surface area contributed by atoms with Gasteiger partial charge >= 0.3 is 0 Å². The Morgan fingerprint density at radius 3 is 2.50 bits per heavy atom. The van der Waals surface area contributed by atoms with Crippen LogP contribution in [0.5, 0.6) is 11.5 Å². The van der Waals surface area contributed by atoms with E-state index in [1.807, 2.05) is 24.3 Å². The molecule has 0 atom stereocenters. The third-order valence-corrected chi connectivity index (χ3v) is 4.43. The van der Waals surface area contributed by atoms with Gasteiger partial charge in [0.15, 0.2) is 11.7 Å². The number of carbonyl (C=O) groups excluding carboxylic acids is 1. The minimum absolute atomic E-state index is 0.168. The first kappa shape index (κ1) is 17.9. The Balaban J connectivity index is 1.50. The third-order valence-electron chi connectivity index (χ3n) is 3.52. The van der Waals surface area contributed by atoms with Gasteiger partial charge in [0.05, 0.1) is 7.11 Å². The van der Waals surface area contributed by atoms with Crippen LogP contribution in [0.25, 0.3) is 0 Å². The van der Waals surface area contributed by atoms with Gasteiger partial charge in [-0.25, -0.2) is 9.37 Å². The number of nitrogens with one attached hydrogen (secondary N) is 1. The molecule has 0 aliphatic rings. The SMILES string of the molecule is COc1ccc(Cc2cnc(NC(=O)COc3ccc(F)cc3)s2)cc1. The molecule has 1 N–H and O–H groups in total. The molecule has 1 heterocycles. The van der Waals surface area contributed by atoms with Gasteiger partial charge in [0, 0.05) is 17.5 Å². The van der Waals surface area contributed by atoms with Crippen molar-refractivity contribution in [2.24, 2.45) is 0 Å². The zero-order valence-electron chi connectivity index (χ0n) is 14.1. The van der Waals surface area contributed by atoms with Crippen LogP contribution in [0.4, 0.5) is 9.52 Å². The second kappa shape index (κ2) is 8.44. The summed E-state index contributed by atoms with van der Waals surface area (Å²) in [5.74, 6) is 0.571. The van der Waals surface area contributed by atoms with Gasteiger partial charge < -0.3 is 9.47 Å². The Morgan fingerprint density at radius 2 is 1.81 bits per heavy atom. The summed E-state index contributed by atoms with van der Waals surface area (Å²) < 4.78 is 23.3. The van der Waals surface area contributed by atoms with E-state index in [4.69, 9.17) is 9.47 Å². The summed E-state index contributed by atoms with van der Waals surface area (Å²) >= 11 is 1.41. The fraction of sp³-hybridized carbons (Fsp3) is 0.158. The lowest BCUT2D eigenvalue weighted by Gasteiger charge is -2.05. The molecule has 2 aromatic carbocycles. The molecular formula is C19H17FN2O3S. The number of amides is 1. The van der Waals surface area contributed by atoms with Gasteiger partial charge in [0.25, 0.3) is 5.91 Å². The molecule has 3 aromatic rings. The Hall–Kier alpha value is -2.93. The van der Waals surface area contributed by atoms with Crippen molar-refractivity contribution in [1.29, 1.82) is 0 Å². The van der Waals surface area contributed by atoms with Crippen molar-refractivity contribution in [1.82, 2.24) is 4.98 Å². The Bertz CT molecular complexity index is 863. The highest BCUT2D eigenvalue weighted by atomic mass is 32.1. The van der Waals surface area contributed by atoms with Crippen molar-refractivity contribution in [3.63, 3.8) is 0 Å². The van der Waals surface area contributed by atoms with Gasteiger partial charge in [-0.1, -0.05) is 12.1 Å². The number of benzene rings is 2. The topological polar surface area (TPSA) is 60.5 Å². The Kier molecular flexibility index (Phi) is 5.80. The number of aromatic nitrogens is 1. The zero-order chi connectivity index (χ0) is 18.4. The van der Waals surface area contributed by atoms with E-state index in [0.29, 0.717) is 10.9 Å². The molecule has 3 rings (SSSR count). The molecule has 0 aliphatic carbocycles. The number of hydrogen-bond acceptors (Lipinski definition) is 5. The molecule has 0 unspecified atom stereocenters. The second-order valence-corrected chi connectivity index (χ2v) is 6.56. The predicted molar refractivity (Wildman–Crippen MR) is 98.4 cm³/mol. The number of nitrogens with zero attached hydrogens (tertiary/aromatic N) is 1. The van der Waals surface area contributed by atoms with Crippen LogP contribution in [0.15, 0.2) is 54.7 Å². The van der Waals surface area contributed by atoms with Gasteiger partial charge in [0.1, 0.15) is 17.3 Å². The molecule has 5 nitrogen and oxygen atoms in total. The van der Waals surface area contributed by atoms with Gasteiger partial charge in [-0.3, -0.25) is 10.1 Å². The number of thiazole rings is 1. The van der Waals surface area contributed by atoms with E-state index >= 15 is 0 Å². The first-order valence-electron chi connectivity index (χ1n) is 7.88. The number of hydrogen-bond donors (Lipinski definition) is 1.